The molecule has 6 N–H and O–H groups in total. The smallest absolute Gasteiger partial charge is 0.255 e. The van der Waals surface area contributed by atoms with Gasteiger partial charge in [-0.05, 0) is 38.4 Å². The van der Waals surface area contributed by atoms with Crippen molar-refractivity contribution < 1.29 is 14.4 Å². The molecule has 2 aliphatic rings. The number of hydrogen-bond acceptors (Lipinski definition) is 7. The SMILES string of the molecule is CNO/C(C)=C(\Cc1ccccc1)C(=O)NC1=CNNC1C(=O)NC1CCNCC1. The molecule has 1 fully saturated rings. The Morgan fingerprint density at radius 3 is 2.60 bits per heavy atom. The number of amides is 2. The molecule has 1 atom stereocenters. The van der Waals surface area contributed by atoms with Gasteiger partial charge in [-0.2, -0.15) is 5.48 Å². The van der Waals surface area contributed by atoms with Crippen molar-refractivity contribution in [1.82, 2.24) is 32.3 Å². The van der Waals surface area contributed by atoms with Gasteiger partial charge in [0.2, 0.25) is 5.91 Å². The number of carbonyl (C=O) groups is 2. The first kappa shape index (κ1) is 21.8. The van der Waals surface area contributed by atoms with Crippen LogP contribution in [0.25, 0.3) is 0 Å². The number of allylic oxidation sites excluding steroid dienone is 1. The average Bonchev–Trinajstić information content (AvgIpc) is 3.22. The fourth-order valence-corrected chi connectivity index (χ4v) is 3.52. The lowest BCUT2D eigenvalue weighted by Crippen LogP contribution is -2.52. The lowest BCUT2D eigenvalue weighted by molar-refractivity contribution is -0.123. The van der Waals surface area contributed by atoms with E-state index in [0.717, 1.165) is 31.5 Å². The Labute approximate surface area is 176 Å². The zero-order chi connectivity index (χ0) is 21.3. The maximum Gasteiger partial charge on any atom is 0.255 e. The number of hydrazine groups is 1. The van der Waals surface area contributed by atoms with Crippen molar-refractivity contribution in [2.24, 2.45) is 0 Å². The van der Waals surface area contributed by atoms with E-state index in [9.17, 15) is 9.59 Å². The van der Waals surface area contributed by atoms with E-state index < -0.39 is 6.04 Å². The summed E-state index contributed by atoms with van der Waals surface area (Å²) in [6.45, 7) is 3.51. The van der Waals surface area contributed by atoms with Crippen molar-refractivity contribution in [3.63, 3.8) is 0 Å². The molecule has 0 bridgehead atoms. The molecule has 2 amide bonds. The summed E-state index contributed by atoms with van der Waals surface area (Å²) >= 11 is 0. The molecular formula is C21H30N6O3. The predicted molar refractivity (Wildman–Crippen MR) is 113 cm³/mol. The van der Waals surface area contributed by atoms with Gasteiger partial charge in [-0.3, -0.25) is 9.59 Å². The molecule has 0 saturated carbocycles. The van der Waals surface area contributed by atoms with Gasteiger partial charge in [0.1, 0.15) is 11.8 Å². The molecule has 1 unspecified atom stereocenters. The predicted octanol–water partition coefficient (Wildman–Crippen LogP) is -0.0437. The minimum absolute atomic E-state index is 0.137. The Morgan fingerprint density at radius 2 is 1.90 bits per heavy atom. The zero-order valence-corrected chi connectivity index (χ0v) is 17.4. The molecule has 0 radical (unpaired) electrons. The summed E-state index contributed by atoms with van der Waals surface area (Å²) in [5, 5.41) is 9.20. The van der Waals surface area contributed by atoms with Gasteiger partial charge in [0.15, 0.2) is 0 Å². The quantitative estimate of drug-likeness (QED) is 0.201. The summed E-state index contributed by atoms with van der Waals surface area (Å²) < 4.78 is 0. The topological polar surface area (TPSA) is 116 Å². The third-order valence-electron chi connectivity index (χ3n) is 5.15. The number of carbonyl (C=O) groups excluding carboxylic acids is 2. The van der Waals surface area contributed by atoms with E-state index in [-0.39, 0.29) is 17.9 Å². The van der Waals surface area contributed by atoms with Crippen LogP contribution in [0.15, 0.2) is 53.6 Å². The summed E-state index contributed by atoms with van der Waals surface area (Å²) in [6, 6.07) is 9.14. The highest BCUT2D eigenvalue weighted by Gasteiger charge is 2.30. The second-order valence-corrected chi connectivity index (χ2v) is 7.31. The summed E-state index contributed by atoms with van der Waals surface area (Å²) in [5.74, 6) is -0.0210. The largest absolute Gasteiger partial charge is 0.413 e. The molecule has 162 valence electrons. The molecule has 9 heteroatoms. The molecule has 1 aromatic rings. The Hall–Kier alpha value is -2.88. The van der Waals surface area contributed by atoms with Crippen LogP contribution in [0.3, 0.4) is 0 Å². The molecule has 30 heavy (non-hydrogen) atoms. The van der Waals surface area contributed by atoms with E-state index in [2.05, 4.69) is 32.3 Å². The van der Waals surface area contributed by atoms with Crippen molar-refractivity contribution in [2.75, 3.05) is 20.1 Å². The third-order valence-corrected chi connectivity index (χ3v) is 5.15. The number of rotatable bonds is 8. The molecule has 1 saturated heterocycles. The van der Waals surface area contributed by atoms with E-state index in [1.165, 1.54) is 0 Å². The fourth-order valence-electron chi connectivity index (χ4n) is 3.52. The van der Waals surface area contributed by atoms with Gasteiger partial charge < -0.3 is 26.2 Å². The number of piperidine rings is 1. The molecule has 2 heterocycles. The van der Waals surface area contributed by atoms with Crippen molar-refractivity contribution in [3.05, 3.63) is 59.1 Å². The minimum Gasteiger partial charge on any atom is -0.413 e. The Balaban J connectivity index is 1.67. The van der Waals surface area contributed by atoms with Gasteiger partial charge in [0.05, 0.1) is 11.3 Å². The van der Waals surface area contributed by atoms with Crippen LogP contribution in [0.5, 0.6) is 0 Å². The Kier molecular flexibility index (Phi) is 7.83. The molecule has 0 spiro atoms. The van der Waals surface area contributed by atoms with Gasteiger partial charge in [-0.25, -0.2) is 5.43 Å². The first-order valence-electron chi connectivity index (χ1n) is 10.2. The molecule has 0 aliphatic carbocycles. The van der Waals surface area contributed by atoms with Crippen LogP contribution in [0.2, 0.25) is 0 Å². The standard InChI is InChI=1S/C21H30N6O3/c1-14(30-22-2)17(12-15-6-4-3-5-7-15)20(28)26-18-13-24-27-19(18)21(29)25-16-8-10-23-11-9-16/h3-7,13,16,19,22-24,27H,8-12H2,1-2H3,(H,25,29)(H,26,28)/b17-14+. The number of hydrogen-bond donors (Lipinski definition) is 6. The van der Waals surface area contributed by atoms with Crippen molar-refractivity contribution in [2.45, 2.75) is 38.3 Å². The van der Waals surface area contributed by atoms with Crippen LogP contribution < -0.4 is 32.3 Å². The zero-order valence-electron chi connectivity index (χ0n) is 17.4. The third kappa shape index (κ3) is 5.82. The summed E-state index contributed by atoms with van der Waals surface area (Å²) in [7, 11) is 1.63. The van der Waals surface area contributed by atoms with Crippen molar-refractivity contribution in [3.8, 4) is 0 Å². The van der Waals surface area contributed by atoms with E-state index in [1.54, 1.807) is 20.2 Å². The lowest BCUT2D eigenvalue weighted by Gasteiger charge is -2.25. The highest BCUT2D eigenvalue weighted by Crippen LogP contribution is 2.15. The van der Waals surface area contributed by atoms with E-state index in [0.29, 0.717) is 23.5 Å². The second kappa shape index (κ2) is 10.8. The van der Waals surface area contributed by atoms with Crippen LogP contribution >= 0.6 is 0 Å². The Bertz CT molecular complexity index is 802. The van der Waals surface area contributed by atoms with Gasteiger partial charge in [0.25, 0.3) is 5.91 Å². The summed E-state index contributed by atoms with van der Waals surface area (Å²) in [6.07, 6.45) is 3.78. The molecule has 3 rings (SSSR count). The minimum atomic E-state index is -0.674. The van der Waals surface area contributed by atoms with E-state index in [4.69, 9.17) is 4.84 Å². The maximum atomic E-state index is 13.1. The second-order valence-electron chi connectivity index (χ2n) is 7.31. The number of hydroxylamine groups is 1. The Morgan fingerprint density at radius 1 is 1.17 bits per heavy atom. The van der Waals surface area contributed by atoms with Crippen LogP contribution in [0.4, 0.5) is 0 Å². The normalized spacial score (nSPS) is 19.9. The number of nitrogens with one attached hydrogen (secondary N) is 6. The van der Waals surface area contributed by atoms with Gasteiger partial charge in [0, 0.05) is 25.7 Å². The lowest BCUT2D eigenvalue weighted by atomic mass is 10.0. The highest BCUT2D eigenvalue weighted by atomic mass is 16.6. The average molecular weight is 415 g/mol. The summed E-state index contributed by atoms with van der Waals surface area (Å²) in [5.41, 5.74) is 10.3. The van der Waals surface area contributed by atoms with Gasteiger partial charge in [-0.15, -0.1) is 0 Å². The van der Waals surface area contributed by atoms with Crippen LogP contribution in [-0.4, -0.2) is 44.0 Å². The van der Waals surface area contributed by atoms with Crippen LogP contribution in [0.1, 0.15) is 25.3 Å². The van der Waals surface area contributed by atoms with Gasteiger partial charge >= 0.3 is 0 Å². The van der Waals surface area contributed by atoms with Crippen LogP contribution in [-0.2, 0) is 20.8 Å². The molecule has 0 aromatic heterocycles. The molecule has 9 nitrogen and oxygen atoms in total. The molecule has 2 aliphatic heterocycles. The van der Waals surface area contributed by atoms with Gasteiger partial charge in [-0.1, -0.05) is 30.3 Å². The van der Waals surface area contributed by atoms with E-state index in [1.807, 2.05) is 30.3 Å². The monoisotopic (exact) mass is 414 g/mol. The first-order chi connectivity index (χ1) is 14.6. The van der Waals surface area contributed by atoms with Crippen molar-refractivity contribution >= 4 is 11.8 Å². The van der Waals surface area contributed by atoms with Crippen LogP contribution in [0, 0.1) is 0 Å². The molecular weight excluding hydrogens is 384 g/mol. The molecule has 1 aromatic carbocycles. The number of benzene rings is 1. The summed E-state index contributed by atoms with van der Waals surface area (Å²) in [4.78, 5) is 31.2. The highest BCUT2D eigenvalue weighted by molar-refractivity contribution is 5.97. The van der Waals surface area contributed by atoms with E-state index >= 15 is 0 Å². The maximum absolute atomic E-state index is 13.1. The first-order valence-corrected chi connectivity index (χ1v) is 10.2. The fraction of sp³-hybridized carbons (Fsp3) is 0.429. The van der Waals surface area contributed by atoms with Crippen molar-refractivity contribution in [1.29, 1.82) is 0 Å².